The van der Waals surface area contributed by atoms with E-state index in [4.69, 9.17) is 5.11 Å². The third-order valence-corrected chi connectivity index (χ3v) is 2.58. The number of nitrogens with zero attached hydrogens (tertiary/aromatic N) is 2. The van der Waals surface area contributed by atoms with Gasteiger partial charge in [0, 0.05) is 17.3 Å². The summed E-state index contributed by atoms with van der Waals surface area (Å²) in [5.41, 5.74) is 1.63. The molecule has 18 heavy (non-hydrogen) atoms. The molecule has 0 fully saturated rings. The monoisotopic (exact) mass is 248 g/mol. The summed E-state index contributed by atoms with van der Waals surface area (Å²) in [4.78, 5) is 26.5. The molecule has 7 heteroatoms. The second-order valence-corrected chi connectivity index (χ2v) is 3.98. The van der Waals surface area contributed by atoms with Crippen molar-refractivity contribution in [1.82, 2.24) is 20.5 Å². The highest BCUT2D eigenvalue weighted by atomic mass is 16.4. The number of aromatic nitrogens is 3. The molecule has 0 aliphatic carbocycles. The fraction of sp³-hybridized carbons (Fsp3) is 0.273. The van der Waals surface area contributed by atoms with Crippen LogP contribution in [-0.4, -0.2) is 38.2 Å². The topological polar surface area (TPSA) is 108 Å². The average molecular weight is 248 g/mol. The van der Waals surface area contributed by atoms with E-state index in [1.807, 2.05) is 6.92 Å². The van der Waals surface area contributed by atoms with Gasteiger partial charge in [0.1, 0.15) is 6.04 Å². The summed E-state index contributed by atoms with van der Waals surface area (Å²) >= 11 is 0. The van der Waals surface area contributed by atoms with Crippen molar-refractivity contribution in [2.75, 3.05) is 0 Å². The van der Waals surface area contributed by atoms with Crippen LogP contribution in [0.1, 0.15) is 23.0 Å². The summed E-state index contributed by atoms with van der Waals surface area (Å²) < 4.78 is 0. The molecule has 0 saturated carbocycles. The molecule has 3 N–H and O–H groups in total. The molecule has 1 amide bonds. The second-order valence-electron chi connectivity index (χ2n) is 3.98. The molecule has 7 nitrogen and oxygen atoms in total. The number of hydrogen-bond acceptors (Lipinski definition) is 4. The second kappa shape index (κ2) is 4.44. The van der Waals surface area contributed by atoms with Gasteiger partial charge in [-0.05, 0) is 19.9 Å². The van der Waals surface area contributed by atoms with Gasteiger partial charge in [-0.3, -0.25) is 14.7 Å². The van der Waals surface area contributed by atoms with Crippen LogP contribution in [0, 0.1) is 6.92 Å². The van der Waals surface area contributed by atoms with Crippen LogP contribution in [0.15, 0.2) is 12.3 Å². The molecule has 94 valence electrons. The Kier molecular flexibility index (Phi) is 2.97. The van der Waals surface area contributed by atoms with Gasteiger partial charge >= 0.3 is 5.97 Å². The number of fused-ring (bicyclic) bond motifs is 1. The van der Waals surface area contributed by atoms with Gasteiger partial charge in [0.15, 0.2) is 5.65 Å². The van der Waals surface area contributed by atoms with Crippen LogP contribution in [0.2, 0.25) is 0 Å². The summed E-state index contributed by atoms with van der Waals surface area (Å²) in [5.74, 6) is -1.56. The lowest BCUT2D eigenvalue weighted by Crippen LogP contribution is -2.38. The first-order valence-corrected chi connectivity index (χ1v) is 5.33. The Morgan fingerprint density at radius 3 is 2.89 bits per heavy atom. The maximum Gasteiger partial charge on any atom is 0.325 e. The zero-order valence-corrected chi connectivity index (χ0v) is 9.89. The van der Waals surface area contributed by atoms with Gasteiger partial charge < -0.3 is 10.4 Å². The van der Waals surface area contributed by atoms with Crippen molar-refractivity contribution in [2.24, 2.45) is 0 Å². The molecule has 0 radical (unpaired) electrons. The molecule has 0 spiro atoms. The Morgan fingerprint density at radius 2 is 2.22 bits per heavy atom. The van der Waals surface area contributed by atoms with E-state index in [9.17, 15) is 9.59 Å². The number of carbonyl (C=O) groups is 2. The lowest BCUT2D eigenvalue weighted by Gasteiger charge is -2.08. The maximum absolute atomic E-state index is 11.8. The number of carbonyl (C=O) groups excluding carboxylic acids is 1. The minimum atomic E-state index is -1.09. The SMILES string of the molecule is Cc1[nH]nc2ncc(C(=O)N[C@H](C)C(=O)O)cc12. The van der Waals surface area contributed by atoms with Gasteiger partial charge in [-0.1, -0.05) is 0 Å². The number of aliphatic carboxylic acids is 1. The van der Waals surface area contributed by atoms with E-state index >= 15 is 0 Å². The van der Waals surface area contributed by atoms with E-state index in [0.29, 0.717) is 11.2 Å². The number of amides is 1. The number of aryl methyl sites for hydroxylation is 1. The highest BCUT2D eigenvalue weighted by molar-refractivity contribution is 5.98. The highest BCUT2D eigenvalue weighted by Gasteiger charge is 2.16. The van der Waals surface area contributed by atoms with E-state index in [2.05, 4.69) is 20.5 Å². The quantitative estimate of drug-likeness (QED) is 0.731. The number of pyridine rings is 1. The zero-order valence-electron chi connectivity index (χ0n) is 9.89. The minimum Gasteiger partial charge on any atom is -0.480 e. The van der Waals surface area contributed by atoms with Crippen LogP contribution in [0.3, 0.4) is 0 Å². The fourth-order valence-electron chi connectivity index (χ4n) is 1.49. The normalized spacial score (nSPS) is 12.3. The number of carboxylic acids is 1. The number of hydrogen-bond donors (Lipinski definition) is 3. The fourth-order valence-corrected chi connectivity index (χ4v) is 1.49. The van der Waals surface area contributed by atoms with E-state index in [-0.39, 0.29) is 0 Å². The van der Waals surface area contributed by atoms with E-state index in [1.54, 1.807) is 6.07 Å². The molecule has 0 saturated heterocycles. The number of nitrogens with one attached hydrogen (secondary N) is 2. The van der Waals surface area contributed by atoms with Gasteiger partial charge in [0.05, 0.1) is 5.56 Å². The van der Waals surface area contributed by atoms with E-state index in [1.165, 1.54) is 13.1 Å². The largest absolute Gasteiger partial charge is 0.480 e. The van der Waals surface area contributed by atoms with E-state index in [0.717, 1.165) is 11.1 Å². The van der Waals surface area contributed by atoms with Crippen LogP contribution in [0.4, 0.5) is 0 Å². The number of rotatable bonds is 3. The van der Waals surface area contributed by atoms with Crippen molar-refractivity contribution >= 4 is 22.9 Å². The third kappa shape index (κ3) is 2.15. The van der Waals surface area contributed by atoms with Crippen LogP contribution >= 0.6 is 0 Å². The summed E-state index contributed by atoms with van der Waals surface area (Å²) in [5, 5.41) is 18.5. The molecule has 0 unspecified atom stereocenters. The Balaban J connectivity index is 2.27. The predicted molar refractivity (Wildman–Crippen MR) is 63.2 cm³/mol. The predicted octanol–water partition coefficient (Wildman–Crippen LogP) is 0.469. The average Bonchev–Trinajstić information content (AvgIpc) is 2.70. The Labute approximate surface area is 102 Å². The van der Waals surface area contributed by atoms with Crippen LogP contribution in [0.5, 0.6) is 0 Å². The van der Waals surface area contributed by atoms with Crippen molar-refractivity contribution in [1.29, 1.82) is 0 Å². The summed E-state index contributed by atoms with van der Waals surface area (Å²) in [6.07, 6.45) is 1.37. The molecule has 2 aromatic heterocycles. The number of aromatic amines is 1. The molecule has 1 atom stereocenters. The summed E-state index contributed by atoms with van der Waals surface area (Å²) in [6, 6.07) is 0.684. The molecule has 2 rings (SSSR count). The van der Waals surface area contributed by atoms with E-state index < -0.39 is 17.9 Å². The minimum absolute atomic E-state index is 0.306. The molecular weight excluding hydrogens is 236 g/mol. The number of carboxylic acid groups (broad SMARTS) is 1. The Hall–Kier alpha value is -2.44. The van der Waals surface area contributed by atoms with Crippen molar-refractivity contribution in [3.63, 3.8) is 0 Å². The smallest absolute Gasteiger partial charge is 0.325 e. The lowest BCUT2D eigenvalue weighted by atomic mass is 10.2. The maximum atomic E-state index is 11.8. The van der Waals surface area contributed by atoms with Crippen LogP contribution in [-0.2, 0) is 4.79 Å². The highest BCUT2D eigenvalue weighted by Crippen LogP contribution is 2.14. The first kappa shape index (κ1) is 12.0. The van der Waals surface area contributed by atoms with Crippen molar-refractivity contribution in [3.05, 3.63) is 23.5 Å². The molecule has 2 aromatic rings. The molecule has 0 aliphatic heterocycles. The van der Waals surface area contributed by atoms with Gasteiger partial charge in [0.25, 0.3) is 5.91 Å². The lowest BCUT2D eigenvalue weighted by molar-refractivity contribution is -0.138. The molecular formula is C11H12N4O3. The summed E-state index contributed by atoms with van der Waals surface area (Å²) in [6.45, 7) is 3.22. The Bertz CT molecular complexity index is 620. The molecule has 2 heterocycles. The van der Waals surface area contributed by atoms with Crippen molar-refractivity contribution in [3.8, 4) is 0 Å². The van der Waals surface area contributed by atoms with Gasteiger partial charge in [0.2, 0.25) is 0 Å². The number of H-pyrrole nitrogens is 1. The van der Waals surface area contributed by atoms with Crippen molar-refractivity contribution < 1.29 is 14.7 Å². The van der Waals surface area contributed by atoms with Gasteiger partial charge in [-0.25, -0.2) is 4.98 Å². The molecule has 0 aromatic carbocycles. The van der Waals surface area contributed by atoms with Crippen LogP contribution < -0.4 is 5.32 Å². The zero-order chi connectivity index (χ0) is 13.3. The van der Waals surface area contributed by atoms with Gasteiger partial charge in [-0.2, -0.15) is 5.10 Å². The Morgan fingerprint density at radius 1 is 1.50 bits per heavy atom. The summed E-state index contributed by atoms with van der Waals surface area (Å²) in [7, 11) is 0. The first-order valence-electron chi connectivity index (χ1n) is 5.33. The molecule has 0 aliphatic rings. The first-order chi connectivity index (χ1) is 8.49. The van der Waals surface area contributed by atoms with Gasteiger partial charge in [-0.15, -0.1) is 0 Å². The standard InChI is InChI=1S/C11H12N4O3/c1-5-8-3-7(4-12-9(8)15-14-5)10(16)13-6(2)11(17)18/h3-4,6H,1-2H3,(H,13,16)(H,17,18)(H,12,14,15)/t6-/m1/s1. The van der Waals surface area contributed by atoms with Crippen molar-refractivity contribution in [2.45, 2.75) is 19.9 Å². The van der Waals surface area contributed by atoms with Crippen LogP contribution in [0.25, 0.3) is 11.0 Å². The molecule has 0 bridgehead atoms. The third-order valence-electron chi connectivity index (χ3n) is 2.58.